The normalized spacial score (nSPS) is 37.6. The summed E-state index contributed by atoms with van der Waals surface area (Å²) in [5.41, 5.74) is -4.10. The Bertz CT molecular complexity index is 1640. The number of Topliss-reactive ketones (excluding diaryl/α,β-unsaturated/α-hetero) is 1. The molecule has 4 heterocycles. The molecule has 248 valence electrons. The molecule has 47 heavy (non-hydrogen) atoms. The van der Waals surface area contributed by atoms with Crippen molar-refractivity contribution in [3.05, 3.63) is 78.3 Å². The molecule has 1 aliphatic carbocycles. The van der Waals surface area contributed by atoms with Crippen molar-refractivity contribution in [2.45, 2.75) is 89.2 Å². The Morgan fingerprint density at radius 1 is 1.02 bits per heavy atom. The highest BCUT2D eigenvalue weighted by Crippen LogP contribution is 2.68. The van der Waals surface area contributed by atoms with Crippen molar-refractivity contribution in [2.75, 3.05) is 0 Å². The number of cyclic esters (lactones) is 1. The van der Waals surface area contributed by atoms with Gasteiger partial charge in [0, 0.05) is 29.9 Å². The van der Waals surface area contributed by atoms with E-state index in [1.807, 2.05) is 25.1 Å². The summed E-state index contributed by atoms with van der Waals surface area (Å²) in [6.45, 7) is 12.0. The van der Waals surface area contributed by atoms with Crippen molar-refractivity contribution in [1.82, 2.24) is 0 Å². The third-order valence-electron chi connectivity index (χ3n) is 10.5. The molecule has 0 radical (unpaired) electrons. The van der Waals surface area contributed by atoms with Gasteiger partial charge in [-0.3, -0.25) is 14.4 Å². The first-order valence-electron chi connectivity index (χ1n) is 15.5. The fourth-order valence-electron chi connectivity index (χ4n) is 8.09. The van der Waals surface area contributed by atoms with Gasteiger partial charge in [0.25, 0.3) is 0 Å². The molecular formula is C36H38O11. The molecule has 1 saturated carbocycles. The zero-order chi connectivity index (χ0) is 33.9. The highest BCUT2D eigenvalue weighted by atomic mass is 16.6. The van der Waals surface area contributed by atoms with E-state index < -0.39 is 82.2 Å². The Balaban J connectivity index is 1.50. The molecule has 1 aromatic carbocycles. The van der Waals surface area contributed by atoms with Gasteiger partial charge >= 0.3 is 17.9 Å². The van der Waals surface area contributed by atoms with Gasteiger partial charge in [0.05, 0.1) is 24.4 Å². The third-order valence-corrected chi connectivity index (χ3v) is 10.5. The predicted octanol–water partition coefficient (Wildman–Crippen LogP) is 4.50. The summed E-state index contributed by atoms with van der Waals surface area (Å²) in [5.74, 6) is -3.43. The quantitative estimate of drug-likeness (QED) is 0.144. The average Bonchev–Trinajstić information content (AvgIpc) is 3.61. The van der Waals surface area contributed by atoms with E-state index in [9.17, 15) is 24.0 Å². The van der Waals surface area contributed by atoms with Crippen LogP contribution >= 0.6 is 0 Å². The van der Waals surface area contributed by atoms with Crippen LogP contribution in [0.1, 0.15) is 64.7 Å². The minimum Gasteiger partial charge on any atom is -0.472 e. The van der Waals surface area contributed by atoms with Crippen LogP contribution in [0.5, 0.6) is 0 Å². The Labute approximate surface area is 272 Å². The molecule has 6 rings (SSSR count). The van der Waals surface area contributed by atoms with Gasteiger partial charge in [-0.15, -0.1) is 0 Å². The van der Waals surface area contributed by atoms with E-state index in [0.717, 1.165) is 5.56 Å². The van der Waals surface area contributed by atoms with Gasteiger partial charge in [0.2, 0.25) is 0 Å². The van der Waals surface area contributed by atoms with Crippen molar-refractivity contribution in [3.8, 4) is 0 Å². The molecule has 1 spiro atoms. The van der Waals surface area contributed by atoms with E-state index in [2.05, 4.69) is 6.58 Å². The lowest BCUT2D eigenvalue weighted by Gasteiger charge is -2.54. The molecular weight excluding hydrogens is 608 g/mol. The largest absolute Gasteiger partial charge is 0.472 e. The second-order valence-corrected chi connectivity index (χ2v) is 13.8. The Kier molecular flexibility index (Phi) is 7.91. The van der Waals surface area contributed by atoms with E-state index in [1.165, 1.54) is 32.4 Å². The molecule has 3 saturated heterocycles. The van der Waals surface area contributed by atoms with Crippen LogP contribution < -0.4 is 0 Å². The van der Waals surface area contributed by atoms with Gasteiger partial charge in [0.1, 0.15) is 35.8 Å². The van der Waals surface area contributed by atoms with Crippen molar-refractivity contribution in [2.24, 2.45) is 16.7 Å². The van der Waals surface area contributed by atoms with Crippen LogP contribution in [0.3, 0.4) is 0 Å². The van der Waals surface area contributed by atoms with E-state index in [4.69, 9.17) is 28.1 Å². The molecule has 0 unspecified atom stereocenters. The Hall–Kier alpha value is -4.35. The molecule has 0 N–H and O–H groups in total. The molecule has 11 heteroatoms. The first-order chi connectivity index (χ1) is 22.2. The standard InChI is InChI=1S/C36H38O11/c1-20-24-16-34(5)30(23-14-15-42-19-23)45-27(40)17-36(20,34)47-32-28(43-21(2)38)31(44-26(39)13-12-22-10-8-7-9-11-22)33(3,4)46-25(18-37)35(32,6)29(24)41/h7-15,18-19,24-25,28,30-32H,1,16-17H2,2-6H3/b13-12-/t24-,25+,28-,30-,31+,32-,34-,35-,36-/m0/s1. The minimum absolute atomic E-state index is 0.187. The van der Waals surface area contributed by atoms with Gasteiger partial charge in [-0.25, -0.2) is 4.79 Å². The van der Waals surface area contributed by atoms with Crippen LogP contribution in [0.25, 0.3) is 6.08 Å². The maximum atomic E-state index is 14.9. The lowest BCUT2D eigenvalue weighted by atomic mass is 9.64. The van der Waals surface area contributed by atoms with Crippen LogP contribution in [0.15, 0.2) is 71.6 Å². The molecule has 2 bridgehead atoms. The zero-order valence-corrected chi connectivity index (χ0v) is 26.9. The molecule has 3 aliphatic heterocycles. The summed E-state index contributed by atoms with van der Waals surface area (Å²) in [6, 6.07) is 10.8. The van der Waals surface area contributed by atoms with Crippen molar-refractivity contribution >= 4 is 36.1 Å². The maximum absolute atomic E-state index is 14.9. The summed E-state index contributed by atoms with van der Waals surface area (Å²) in [7, 11) is 0. The van der Waals surface area contributed by atoms with E-state index in [-0.39, 0.29) is 12.8 Å². The third kappa shape index (κ3) is 4.98. The fraction of sp³-hybridized carbons (Fsp3) is 0.472. The van der Waals surface area contributed by atoms with Crippen molar-refractivity contribution in [1.29, 1.82) is 0 Å². The number of ether oxygens (including phenoxy) is 5. The molecule has 0 amide bonds. The van der Waals surface area contributed by atoms with Crippen LogP contribution in [-0.4, -0.2) is 65.6 Å². The first-order valence-corrected chi connectivity index (χ1v) is 15.5. The van der Waals surface area contributed by atoms with Gasteiger partial charge in [0.15, 0.2) is 18.0 Å². The topological polar surface area (TPSA) is 145 Å². The number of esters is 3. The van der Waals surface area contributed by atoms with E-state index in [0.29, 0.717) is 17.4 Å². The second kappa shape index (κ2) is 11.4. The molecule has 4 fully saturated rings. The highest BCUT2D eigenvalue weighted by Gasteiger charge is 2.75. The SMILES string of the molecule is C=C1[C@@H]2C[C@@]3(C)[C@H](c4ccoc4)OC(=O)C[C@]13O[C@H]1[C@@H](OC(C)=O)[C@@H](OC(=O)/C=C\c3ccccc3)C(C)(C)O[C@H](C=O)[C@@]1(C)C2=O. The number of benzene rings is 1. The molecule has 4 aliphatic rings. The Morgan fingerprint density at radius 3 is 2.38 bits per heavy atom. The number of rotatable bonds is 6. The number of carbonyl (C=O) groups excluding carboxylic acids is 5. The number of fused-ring (bicyclic) bond motifs is 2. The number of ketones is 1. The van der Waals surface area contributed by atoms with Crippen molar-refractivity contribution < 1.29 is 52.1 Å². The van der Waals surface area contributed by atoms with Crippen molar-refractivity contribution in [3.63, 3.8) is 0 Å². The van der Waals surface area contributed by atoms with Crippen LogP contribution in [0.4, 0.5) is 0 Å². The summed E-state index contributed by atoms with van der Waals surface area (Å²) in [6.07, 6.45) is -0.397. The number of hydrogen-bond donors (Lipinski definition) is 0. The average molecular weight is 647 g/mol. The number of carbonyl (C=O) groups is 5. The van der Waals surface area contributed by atoms with Gasteiger partial charge in [-0.1, -0.05) is 43.8 Å². The van der Waals surface area contributed by atoms with Crippen LogP contribution in [0.2, 0.25) is 0 Å². The summed E-state index contributed by atoms with van der Waals surface area (Å²) < 4.78 is 36.5. The van der Waals surface area contributed by atoms with Gasteiger partial charge in [-0.05, 0) is 50.5 Å². The summed E-state index contributed by atoms with van der Waals surface area (Å²) >= 11 is 0. The highest BCUT2D eigenvalue weighted by molar-refractivity contribution is 5.95. The number of aldehydes is 1. The Morgan fingerprint density at radius 2 is 1.74 bits per heavy atom. The van der Waals surface area contributed by atoms with Gasteiger partial charge in [-0.2, -0.15) is 0 Å². The molecule has 2 aromatic rings. The number of furan rings is 1. The maximum Gasteiger partial charge on any atom is 0.331 e. The van der Waals surface area contributed by atoms with E-state index >= 15 is 0 Å². The summed E-state index contributed by atoms with van der Waals surface area (Å²) in [4.78, 5) is 67.3. The van der Waals surface area contributed by atoms with Crippen LogP contribution in [0, 0.1) is 16.7 Å². The molecule has 1 aromatic heterocycles. The lowest BCUT2D eigenvalue weighted by Crippen LogP contribution is -2.64. The summed E-state index contributed by atoms with van der Waals surface area (Å²) in [5, 5.41) is 0. The second-order valence-electron chi connectivity index (χ2n) is 13.8. The minimum atomic E-state index is -1.76. The van der Waals surface area contributed by atoms with Gasteiger partial charge < -0.3 is 32.9 Å². The molecule has 9 atom stereocenters. The fourth-order valence-corrected chi connectivity index (χ4v) is 8.09. The molecule has 11 nitrogen and oxygen atoms in total. The first kappa shape index (κ1) is 32.6. The van der Waals surface area contributed by atoms with Crippen LogP contribution in [-0.2, 0) is 47.7 Å². The lowest BCUT2D eigenvalue weighted by molar-refractivity contribution is -0.254. The predicted molar refractivity (Wildman–Crippen MR) is 164 cm³/mol. The van der Waals surface area contributed by atoms with E-state index in [1.54, 1.807) is 38.1 Å². The monoisotopic (exact) mass is 646 g/mol. The number of hydrogen-bond acceptors (Lipinski definition) is 11. The smallest absolute Gasteiger partial charge is 0.331 e. The zero-order valence-electron chi connectivity index (χ0n) is 26.9.